The molecule has 0 radical (unpaired) electrons. The molecular weight excluding hydrogens is 361 g/mol. The van der Waals surface area contributed by atoms with Gasteiger partial charge in [0.05, 0.1) is 35.7 Å². The van der Waals surface area contributed by atoms with Crippen LogP contribution in [0.3, 0.4) is 0 Å². The number of halogens is 3. The standard InChI is InChI=1S/C17H17F3N6O/c18-17(19,20)13-3-1-4-15(9-13)26-11-14(10-23-26)24-16(27)22-5-2-7-25-8-6-21-12-25/h1,3-4,6,8-12H,2,5,7H2,(H2,22,24,27). The summed E-state index contributed by atoms with van der Waals surface area (Å²) in [7, 11) is 0. The number of aromatic nitrogens is 4. The lowest BCUT2D eigenvalue weighted by molar-refractivity contribution is -0.137. The van der Waals surface area contributed by atoms with E-state index in [2.05, 4.69) is 20.7 Å². The number of anilines is 1. The molecule has 1 aromatic carbocycles. The van der Waals surface area contributed by atoms with E-state index in [1.807, 2.05) is 10.8 Å². The fourth-order valence-electron chi connectivity index (χ4n) is 2.41. The molecule has 2 amide bonds. The summed E-state index contributed by atoms with van der Waals surface area (Å²) < 4.78 is 41.6. The minimum atomic E-state index is -4.43. The van der Waals surface area contributed by atoms with Gasteiger partial charge in [0.15, 0.2) is 0 Å². The Bertz CT molecular complexity index is 888. The zero-order valence-corrected chi connectivity index (χ0v) is 14.1. The summed E-state index contributed by atoms with van der Waals surface area (Å²) >= 11 is 0. The molecule has 142 valence electrons. The van der Waals surface area contributed by atoms with Crippen LogP contribution >= 0.6 is 0 Å². The molecule has 0 unspecified atom stereocenters. The van der Waals surface area contributed by atoms with E-state index >= 15 is 0 Å². The summed E-state index contributed by atoms with van der Waals surface area (Å²) in [6.07, 6.45) is 4.33. The van der Waals surface area contributed by atoms with Gasteiger partial charge in [0.1, 0.15) is 0 Å². The highest BCUT2D eigenvalue weighted by Gasteiger charge is 2.30. The van der Waals surface area contributed by atoms with Gasteiger partial charge in [0, 0.05) is 25.5 Å². The van der Waals surface area contributed by atoms with Crippen LogP contribution in [0.15, 0.2) is 55.4 Å². The molecule has 0 bridgehead atoms. The van der Waals surface area contributed by atoms with E-state index in [0.717, 1.165) is 25.1 Å². The molecule has 7 nitrogen and oxygen atoms in total. The van der Waals surface area contributed by atoms with Crippen molar-refractivity contribution in [1.29, 1.82) is 0 Å². The fourth-order valence-corrected chi connectivity index (χ4v) is 2.41. The number of hydrogen-bond donors (Lipinski definition) is 2. The highest BCUT2D eigenvalue weighted by Crippen LogP contribution is 2.30. The second-order valence-electron chi connectivity index (χ2n) is 5.76. The van der Waals surface area contributed by atoms with Gasteiger partial charge in [-0.3, -0.25) is 0 Å². The van der Waals surface area contributed by atoms with E-state index in [9.17, 15) is 18.0 Å². The lowest BCUT2D eigenvalue weighted by Crippen LogP contribution is -2.29. The number of aryl methyl sites for hydroxylation is 1. The maximum atomic E-state index is 12.8. The maximum Gasteiger partial charge on any atom is 0.416 e. The van der Waals surface area contributed by atoms with Gasteiger partial charge in [-0.2, -0.15) is 18.3 Å². The number of hydrogen-bond acceptors (Lipinski definition) is 3. The van der Waals surface area contributed by atoms with Crippen molar-refractivity contribution >= 4 is 11.7 Å². The summed E-state index contributed by atoms with van der Waals surface area (Å²) in [5.74, 6) is 0. The Morgan fingerprint density at radius 2 is 2.11 bits per heavy atom. The molecule has 0 fully saturated rings. The highest BCUT2D eigenvalue weighted by molar-refractivity contribution is 5.88. The third-order valence-electron chi connectivity index (χ3n) is 3.72. The van der Waals surface area contributed by atoms with Crippen LogP contribution in [0.1, 0.15) is 12.0 Å². The van der Waals surface area contributed by atoms with E-state index in [1.54, 1.807) is 12.5 Å². The zero-order chi connectivity index (χ0) is 19.3. The fraction of sp³-hybridized carbons (Fsp3) is 0.235. The summed E-state index contributed by atoms with van der Waals surface area (Å²) in [5, 5.41) is 9.29. The molecule has 2 heterocycles. The van der Waals surface area contributed by atoms with E-state index in [0.29, 0.717) is 12.2 Å². The van der Waals surface area contributed by atoms with Gasteiger partial charge in [-0.1, -0.05) is 6.07 Å². The lowest BCUT2D eigenvalue weighted by Gasteiger charge is -2.08. The van der Waals surface area contributed by atoms with E-state index in [-0.39, 0.29) is 5.69 Å². The minimum absolute atomic E-state index is 0.249. The van der Waals surface area contributed by atoms with Gasteiger partial charge >= 0.3 is 12.2 Å². The van der Waals surface area contributed by atoms with Gasteiger partial charge in [-0.25, -0.2) is 14.5 Å². The molecule has 0 aliphatic rings. The molecule has 2 aromatic heterocycles. The second kappa shape index (κ2) is 7.94. The van der Waals surface area contributed by atoms with Crippen LogP contribution in [-0.4, -0.2) is 31.9 Å². The Hall–Kier alpha value is -3.30. The first-order chi connectivity index (χ1) is 12.9. The van der Waals surface area contributed by atoms with Crippen LogP contribution in [0.2, 0.25) is 0 Å². The maximum absolute atomic E-state index is 12.8. The highest BCUT2D eigenvalue weighted by atomic mass is 19.4. The van der Waals surface area contributed by atoms with Crippen molar-refractivity contribution in [2.45, 2.75) is 19.1 Å². The Balaban J connectivity index is 1.52. The van der Waals surface area contributed by atoms with Gasteiger partial charge in [0.25, 0.3) is 0 Å². The monoisotopic (exact) mass is 378 g/mol. The number of nitrogens with zero attached hydrogens (tertiary/aromatic N) is 4. The predicted molar refractivity (Wildman–Crippen MR) is 92.4 cm³/mol. The number of rotatable bonds is 6. The molecule has 0 saturated heterocycles. The van der Waals surface area contributed by atoms with Gasteiger partial charge in [0.2, 0.25) is 0 Å². The van der Waals surface area contributed by atoms with Crippen molar-refractivity contribution in [1.82, 2.24) is 24.6 Å². The quantitative estimate of drug-likeness (QED) is 0.646. The number of benzene rings is 1. The van der Waals surface area contributed by atoms with E-state index in [4.69, 9.17) is 0 Å². The summed E-state index contributed by atoms with van der Waals surface area (Å²) in [6.45, 7) is 1.19. The normalized spacial score (nSPS) is 11.4. The molecule has 0 atom stereocenters. The average Bonchev–Trinajstić information content (AvgIpc) is 3.30. The van der Waals surface area contributed by atoms with E-state index in [1.165, 1.54) is 29.2 Å². The van der Waals surface area contributed by atoms with Crippen molar-refractivity contribution in [2.24, 2.45) is 0 Å². The molecule has 0 aliphatic carbocycles. The van der Waals surface area contributed by atoms with Crippen molar-refractivity contribution in [3.63, 3.8) is 0 Å². The molecule has 27 heavy (non-hydrogen) atoms. The topological polar surface area (TPSA) is 76.8 Å². The largest absolute Gasteiger partial charge is 0.416 e. The molecule has 0 saturated carbocycles. The molecular formula is C17H17F3N6O. The van der Waals surface area contributed by atoms with Crippen molar-refractivity contribution in [3.05, 3.63) is 60.9 Å². The third-order valence-corrected chi connectivity index (χ3v) is 3.72. The van der Waals surface area contributed by atoms with Gasteiger partial charge < -0.3 is 15.2 Å². The molecule has 3 rings (SSSR count). The summed E-state index contributed by atoms with van der Waals surface area (Å²) in [5.41, 5.74) is -0.140. The number of alkyl halides is 3. The Morgan fingerprint density at radius 3 is 2.85 bits per heavy atom. The molecule has 2 N–H and O–H groups in total. The summed E-state index contributed by atoms with van der Waals surface area (Å²) in [6, 6.07) is 4.38. The first-order valence-corrected chi connectivity index (χ1v) is 8.15. The van der Waals surface area contributed by atoms with Crippen molar-refractivity contribution in [2.75, 3.05) is 11.9 Å². The number of urea groups is 1. The number of carbonyl (C=O) groups excluding carboxylic acids is 1. The lowest BCUT2D eigenvalue weighted by atomic mass is 10.2. The van der Waals surface area contributed by atoms with Gasteiger partial charge in [-0.05, 0) is 24.6 Å². The van der Waals surface area contributed by atoms with Crippen LogP contribution in [0.5, 0.6) is 0 Å². The molecule has 0 spiro atoms. The number of imidazole rings is 1. The Labute approximate surface area is 152 Å². The van der Waals surface area contributed by atoms with Crippen LogP contribution in [-0.2, 0) is 12.7 Å². The zero-order valence-electron chi connectivity index (χ0n) is 14.1. The third kappa shape index (κ3) is 5.09. The molecule has 3 aromatic rings. The Kier molecular flexibility index (Phi) is 5.43. The number of nitrogens with one attached hydrogen (secondary N) is 2. The van der Waals surface area contributed by atoms with Crippen LogP contribution in [0.4, 0.5) is 23.7 Å². The SMILES string of the molecule is O=C(NCCCn1ccnc1)Nc1cnn(-c2cccc(C(F)(F)F)c2)c1. The van der Waals surface area contributed by atoms with Crippen molar-refractivity contribution < 1.29 is 18.0 Å². The first kappa shape index (κ1) is 18.5. The van der Waals surface area contributed by atoms with Crippen LogP contribution in [0.25, 0.3) is 5.69 Å². The predicted octanol–water partition coefficient (Wildman–Crippen LogP) is 3.30. The smallest absolute Gasteiger partial charge is 0.338 e. The number of carbonyl (C=O) groups is 1. The van der Waals surface area contributed by atoms with Crippen LogP contribution < -0.4 is 10.6 Å². The van der Waals surface area contributed by atoms with Crippen LogP contribution in [0, 0.1) is 0 Å². The average molecular weight is 378 g/mol. The van der Waals surface area contributed by atoms with Gasteiger partial charge in [-0.15, -0.1) is 0 Å². The molecule has 10 heteroatoms. The first-order valence-electron chi connectivity index (χ1n) is 8.15. The van der Waals surface area contributed by atoms with E-state index < -0.39 is 17.8 Å². The Morgan fingerprint density at radius 1 is 1.26 bits per heavy atom. The second-order valence-corrected chi connectivity index (χ2v) is 5.76. The molecule has 0 aliphatic heterocycles. The van der Waals surface area contributed by atoms with Crippen molar-refractivity contribution in [3.8, 4) is 5.69 Å². The number of amides is 2. The minimum Gasteiger partial charge on any atom is -0.338 e. The summed E-state index contributed by atoms with van der Waals surface area (Å²) in [4.78, 5) is 15.8.